The van der Waals surface area contributed by atoms with Crippen LogP contribution < -0.4 is 0 Å². The Labute approximate surface area is 128 Å². The maximum atomic E-state index is 12.3. The predicted octanol–water partition coefficient (Wildman–Crippen LogP) is 4.55. The molecule has 0 bridgehead atoms. The minimum atomic E-state index is 0.0135. The van der Waals surface area contributed by atoms with Gasteiger partial charge in [-0.3, -0.25) is 4.79 Å². The van der Waals surface area contributed by atoms with Crippen molar-refractivity contribution < 1.29 is 14.7 Å². The van der Waals surface area contributed by atoms with Crippen LogP contribution in [-0.2, 0) is 9.63 Å². The molecule has 0 aliphatic heterocycles. The SMILES string of the molecule is CCCCCCC1CC(=O)C(C(CC)=NOCC)=C(O)C1. The van der Waals surface area contributed by atoms with Crippen LogP contribution in [0.5, 0.6) is 0 Å². The zero-order valence-electron chi connectivity index (χ0n) is 13.7. The number of carbonyl (C=O) groups is 1. The van der Waals surface area contributed by atoms with Gasteiger partial charge in [-0.15, -0.1) is 0 Å². The second-order valence-corrected chi connectivity index (χ2v) is 5.68. The second kappa shape index (κ2) is 9.59. The first-order valence-corrected chi connectivity index (χ1v) is 8.28. The molecule has 120 valence electrons. The van der Waals surface area contributed by atoms with Crippen LogP contribution in [0.25, 0.3) is 0 Å². The number of aliphatic hydroxyl groups is 1. The summed E-state index contributed by atoms with van der Waals surface area (Å²) in [6.07, 6.45) is 7.54. The second-order valence-electron chi connectivity index (χ2n) is 5.68. The van der Waals surface area contributed by atoms with Crippen molar-refractivity contribution in [3.63, 3.8) is 0 Å². The van der Waals surface area contributed by atoms with Crippen LogP contribution in [0.3, 0.4) is 0 Å². The summed E-state index contributed by atoms with van der Waals surface area (Å²) in [7, 11) is 0. The molecule has 0 aromatic carbocycles. The van der Waals surface area contributed by atoms with Crippen LogP contribution in [0.15, 0.2) is 16.5 Å². The average molecular weight is 295 g/mol. The normalized spacial score (nSPS) is 20.0. The fraction of sp³-hybridized carbons (Fsp3) is 0.765. The third kappa shape index (κ3) is 5.52. The highest BCUT2D eigenvalue weighted by Gasteiger charge is 2.30. The van der Waals surface area contributed by atoms with Gasteiger partial charge >= 0.3 is 0 Å². The summed E-state index contributed by atoms with van der Waals surface area (Å²) < 4.78 is 0. The van der Waals surface area contributed by atoms with Crippen molar-refractivity contribution in [3.8, 4) is 0 Å². The van der Waals surface area contributed by atoms with Crippen molar-refractivity contribution in [1.29, 1.82) is 0 Å². The van der Waals surface area contributed by atoms with Crippen LogP contribution in [-0.4, -0.2) is 23.2 Å². The quantitative estimate of drug-likeness (QED) is 0.385. The number of unbranched alkanes of at least 4 members (excludes halogenated alkanes) is 3. The van der Waals surface area contributed by atoms with Gasteiger partial charge in [0.25, 0.3) is 0 Å². The van der Waals surface area contributed by atoms with Gasteiger partial charge in [0.05, 0.1) is 11.3 Å². The van der Waals surface area contributed by atoms with Gasteiger partial charge in [-0.2, -0.15) is 0 Å². The summed E-state index contributed by atoms with van der Waals surface area (Å²) in [5.74, 6) is 0.495. The average Bonchev–Trinajstić information content (AvgIpc) is 2.46. The number of allylic oxidation sites excluding steroid dienone is 2. The van der Waals surface area contributed by atoms with Crippen molar-refractivity contribution in [2.75, 3.05) is 6.61 Å². The van der Waals surface area contributed by atoms with E-state index < -0.39 is 0 Å². The summed E-state index contributed by atoms with van der Waals surface area (Å²) in [5.41, 5.74) is 0.972. The summed E-state index contributed by atoms with van der Waals surface area (Å²) in [5, 5.41) is 14.2. The fourth-order valence-electron chi connectivity index (χ4n) is 2.79. The molecule has 0 amide bonds. The highest BCUT2D eigenvalue weighted by atomic mass is 16.6. The predicted molar refractivity (Wildman–Crippen MR) is 85.5 cm³/mol. The number of oxime groups is 1. The first-order valence-electron chi connectivity index (χ1n) is 8.28. The smallest absolute Gasteiger partial charge is 0.168 e. The number of rotatable bonds is 9. The van der Waals surface area contributed by atoms with Gasteiger partial charge in [-0.1, -0.05) is 44.7 Å². The van der Waals surface area contributed by atoms with Crippen molar-refractivity contribution in [2.24, 2.45) is 11.1 Å². The molecule has 0 spiro atoms. The minimum Gasteiger partial charge on any atom is -0.511 e. The molecule has 0 fully saturated rings. The lowest BCUT2D eigenvalue weighted by Crippen LogP contribution is -2.24. The lowest BCUT2D eigenvalue weighted by Gasteiger charge is -2.23. The third-order valence-corrected chi connectivity index (χ3v) is 3.92. The Balaban J connectivity index is 2.68. The molecule has 1 N–H and O–H groups in total. The van der Waals surface area contributed by atoms with Crippen molar-refractivity contribution in [3.05, 3.63) is 11.3 Å². The molecule has 1 unspecified atom stereocenters. The molecule has 4 nitrogen and oxygen atoms in total. The van der Waals surface area contributed by atoms with Crippen LogP contribution in [0.2, 0.25) is 0 Å². The summed E-state index contributed by atoms with van der Waals surface area (Å²) in [6, 6.07) is 0. The number of aliphatic hydroxyl groups excluding tert-OH is 1. The maximum absolute atomic E-state index is 12.3. The van der Waals surface area contributed by atoms with E-state index in [2.05, 4.69) is 12.1 Å². The van der Waals surface area contributed by atoms with Gasteiger partial charge in [0, 0.05) is 12.8 Å². The van der Waals surface area contributed by atoms with E-state index in [0.29, 0.717) is 37.2 Å². The monoisotopic (exact) mass is 295 g/mol. The first-order chi connectivity index (χ1) is 10.1. The van der Waals surface area contributed by atoms with Crippen molar-refractivity contribution in [2.45, 2.75) is 72.1 Å². The highest BCUT2D eigenvalue weighted by molar-refractivity contribution is 6.22. The Morgan fingerprint density at radius 2 is 2.00 bits per heavy atom. The number of ketones is 1. The Hall–Kier alpha value is -1.32. The topological polar surface area (TPSA) is 58.9 Å². The van der Waals surface area contributed by atoms with Crippen LogP contribution in [0.4, 0.5) is 0 Å². The molecule has 0 heterocycles. The van der Waals surface area contributed by atoms with Crippen LogP contribution in [0, 0.1) is 5.92 Å². The van der Waals surface area contributed by atoms with E-state index in [9.17, 15) is 9.90 Å². The molecule has 1 aliphatic carbocycles. The van der Waals surface area contributed by atoms with Gasteiger partial charge in [0.2, 0.25) is 0 Å². The molecule has 0 radical (unpaired) electrons. The van der Waals surface area contributed by atoms with E-state index in [1.165, 1.54) is 19.3 Å². The molecule has 4 heteroatoms. The standard InChI is InChI=1S/C17H29NO3/c1-4-7-8-9-10-13-11-15(19)17(16(20)12-13)14(5-2)18-21-6-3/h13,19H,4-12H2,1-3H3. The molecular weight excluding hydrogens is 266 g/mol. The Morgan fingerprint density at radius 3 is 2.57 bits per heavy atom. The van der Waals surface area contributed by atoms with Gasteiger partial charge < -0.3 is 9.94 Å². The maximum Gasteiger partial charge on any atom is 0.168 e. The van der Waals surface area contributed by atoms with Gasteiger partial charge in [-0.25, -0.2) is 0 Å². The molecule has 0 aromatic heterocycles. The number of Topliss-reactive ketones (excluding diaryl/α,β-unsaturated/α-hetero) is 1. The van der Waals surface area contributed by atoms with E-state index in [0.717, 1.165) is 12.8 Å². The molecular formula is C17H29NO3. The van der Waals surface area contributed by atoms with Crippen molar-refractivity contribution in [1.82, 2.24) is 0 Å². The minimum absolute atomic E-state index is 0.0135. The van der Waals surface area contributed by atoms with Gasteiger partial charge in [0.1, 0.15) is 12.4 Å². The van der Waals surface area contributed by atoms with E-state index in [1.807, 2.05) is 13.8 Å². The van der Waals surface area contributed by atoms with Gasteiger partial charge in [0.15, 0.2) is 5.78 Å². The van der Waals surface area contributed by atoms with Crippen LogP contribution in [0.1, 0.15) is 72.1 Å². The molecule has 1 aliphatic rings. The zero-order chi connectivity index (χ0) is 15.7. The fourth-order valence-corrected chi connectivity index (χ4v) is 2.79. The van der Waals surface area contributed by atoms with E-state index in [1.54, 1.807) is 0 Å². The zero-order valence-corrected chi connectivity index (χ0v) is 13.7. The van der Waals surface area contributed by atoms with Crippen LogP contribution >= 0.6 is 0 Å². The molecule has 1 rings (SSSR count). The molecule has 1 atom stereocenters. The van der Waals surface area contributed by atoms with E-state index >= 15 is 0 Å². The summed E-state index contributed by atoms with van der Waals surface area (Å²) >= 11 is 0. The summed E-state index contributed by atoms with van der Waals surface area (Å²) in [6.45, 7) is 6.42. The molecule has 0 aromatic rings. The molecule has 0 saturated carbocycles. The Morgan fingerprint density at radius 1 is 1.24 bits per heavy atom. The van der Waals surface area contributed by atoms with E-state index in [4.69, 9.17) is 4.84 Å². The number of carbonyl (C=O) groups excluding carboxylic acids is 1. The lowest BCUT2D eigenvalue weighted by molar-refractivity contribution is -0.116. The highest BCUT2D eigenvalue weighted by Crippen LogP contribution is 2.30. The summed E-state index contributed by atoms with van der Waals surface area (Å²) in [4.78, 5) is 17.4. The Bertz CT molecular complexity index is 399. The first kappa shape index (κ1) is 17.7. The number of hydrogen-bond donors (Lipinski definition) is 1. The molecule has 0 saturated heterocycles. The Kier molecular flexibility index (Phi) is 8.09. The van der Waals surface area contributed by atoms with E-state index in [-0.39, 0.29) is 17.5 Å². The number of hydrogen-bond acceptors (Lipinski definition) is 4. The number of nitrogens with zero attached hydrogens (tertiary/aromatic N) is 1. The van der Waals surface area contributed by atoms with Gasteiger partial charge in [-0.05, 0) is 25.7 Å². The largest absolute Gasteiger partial charge is 0.511 e. The molecule has 21 heavy (non-hydrogen) atoms. The lowest BCUT2D eigenvalue weighted by atomic mass is 9.82. The van der Waals surface area contributed by atoms with Crippen molar-refractivity contribution >= 4 is 11.5 Å². The third-order valence-electron chi connectivity index (χ3n) is 3.92.